The second kappa shape index (κ2) is 10.7. The van der Waals surface area contributed by atoms with Gasteiger partial charge in [0.15, 0.2) is 16.7 Å². The third kappa shape index (κ3) is 5.79. The van der Waals surface area contributed by atoms with E-state index in [4.69, 9.17) is 9.47 Å². The largest absolute Gasteiger partial charge is 0.490 e. The Morgan fingerprint density at radius 3 is 2.53 bits per heavy atom. The van der Waals surface area contributed by atoms with E-state index in [-0.39, 0.29) is 5.91 Å². The van der Waals surface area contributed by atoms with Crippen LogP contribution in [0.15, 0.2) is 53.8 Å². The quantitative estimate of drug-likeness (QED) is 0.364. The molecule has 0 aliphatic carbocycles. The molecule has 0 aliphatic rings. The van der Waals surface area contributed by atoms with Gasteiger partial charge in [-0.05, 0) is 44.5 Å². The number of ether oxygens (including phenoxy) is 2. The molecular formula is C23H27N3O3S. The Hall–Kier alpha value is -2.93. The predicted molar refractivity (Wildman–Crippen MR) is 121 cm³/mol. The molecule has 2 aromatic carbocycles. The van der Waals surface area contributed by atoms with E-state index < -0.39 is 0 Å². The van der Waals surface area contributed by atoms with Crippen molar-refractivity contribution >= 4 is 17.7 Å². The highest BCUT2D eigenvalue weighted by atomic mass is 32.2. The molecule has 1 aromatic heterocycles. The van der Waals surface area contributed by atoms with Gasteiger partial charge in [-0.15, -0.1) is 0 Å². The van der Waals surface area contributed by atoms with Gasteiger partial charge in [0.25, 0.3) is 5.91 Å². The predicted octanol–water partition coefficient (Wildman–Crippen LogP) is 4.70. The summed E-state index contributed by atoms with van der Waals surface area (Å²) in [4.78, 5) is 20.2. The standard InChI is InChI=1S/C23H27N3O3S/c1-4-28-20-11-10-18(14-21(20)29-5-2)22(27)24-12-13-30-23-25-15-19(26-23)17-8-6-16(3)7-9-17/h6-11,14-15H,4-5,12-13H2,1-3H3,(H,24,27)(H,25,26). The van der Waals surface area contributed by atoms with E-state index in [9.17, 15) is 4.79 Å². The maximum Gasteiger partial charge on any atom is 0.251 e. The number of hydrogen-bond donors (Lipinski definition) is 2. The van der Waals surface area contributed by atoms with Crippen LogP contribution in [0.1, 0.15) is 29.8 Å². The second-order valence-corrected chi connectivity index (χ2v) is 7.68. The van der Waals surface area contributed by atoms with Crippen LogP contribution in [0, 0.1) is 6.92 Å². The molecule has 1 amide bonds. The topological polar surface area (TPSA) is 76.2 Å². The molecule has 3 aromatic rings. The fourth-order valence-corrected chi connectivity index (χ4v) is 3.57. The summed E-state index contributed by atoms with van der Waals surface area (Å²) in [5, 5.41) is 3.77. The molecule has 0 saturated carbocycles. The van der Waals surface area contributed by atoms with Gasteiger partial charge in [0.2, 0.25) is 0 Å². The average molecular weight is 426 g/mol. The first-order chi connectivity index (χ1) is 14.6. The lowest BCUT2D eigenvalue weighted by atomic mass is 10.1. The molecular weight excluding hydrogens is 398 g/mol. The first-order valence-electron chi connectivity index (χ1n) is 10.0. The van der Waals surface area contributed by atoms with Gasteiger partial charge in [0.05, 0.1) is 25.1 Å². The molecule has 30 heavy (non-hydrogen) atoms. The molecule has 0 aliphatic heterocycles. The lowest BCUT2D eigenvalue weighted by Gasteiger charge is -2.12. The first kappa shape index (κ1) is 21.8. The Morgan fingerprint density at radius 2 is 1.80 bits per heavy atom. The molecule has 2 N–H and O–H groups in total. The van der Waals surface area contributed by atoms with Crippen molar-refractivity contribution in [2.75, 3.05) is 25.5 Å². The second-order valence-electron chi connectivity index (χ2n) is 6.60. The number of hydrogen-bond acceptors (Lipinski definition) is 5. The van der Waals surface area contributed by atoms with E-state index in [0.717, 1.165) is 16.4 Å². The Balaban J connectivity index is 1.50. The third-order valence-electron chi connectivity index (χ3n) is 4.35. The van der Waals surface area contributed by atoms with Crippen LogP contribution in [0.25, 0.3) is 11.3 Å². The summed E-state index contributed by atoms with van der Waals surface area (Å²) in [5.74, 6) is 1.80. The number of rotatable bonds is 10. The Labute approximate surface area is 181 Å². The van der Waals surface area contributed by atoms with Gasteiger partial charge in [0.1, 0.15) is 0 Å². The van der Waals surface area contributed by atoms with E-state index in [2.05, 4.69) is 46.5 Å². The Morgan fingerprint density at radius 1 is 1.07 bits per heavy atom. The van der Waals surface area contributed by atoms with Gasteiger partial charge in [-0.2, -0.15) is 0 Å². The van der Waals surface area contributed by atoms with E-state index in [1.807, 2.05) is 20.0 Å². The van der Waals surface area contributed by atoms with Crippen molar-refractivity contribution in [3.05, 3.63) is 59.8 Å². The number of aromatic nitrogens is 2. The van der Waals surface area contributed by atoms with Crippen LogP contribution in [0.5, 0.6) is 11.5 Å². The normalized spacial score (nSPS) is 10.6. The number of carbonyl (C=O) groups excluding carboxylic acids is 1. The van der Waals surface area contributed by atoms with Crippen molar-refractivity contribution in [3.63, 3.8) is 0 Å². The minimum absolute atomic E-state index is 0.139. The minimum atomic E-state index is -0.139. The molecule has 7 heteroatoms. The molecule has 0 unspecified atom stereocenters. The number of thioether (sulfide) groups is 1. The number of H-pyrrole nitrogens is 1. The zero-order valence-electron chi connectivity index (χ0n) is 17.5. The fourth-order valence-electron chi connectivity index (χ4n) is 2.86. The Kier molecular flexibility index (Phi) is 7.79. The molecule has 158 valence electrons. The number of benzene rings is 2. The van der Waals surface area contributed by atoms with Crippen LogP contribution in [0.2, 0.25) is 0 Å². The molecule has 3 rings (SSSR count). The van der Waals surface area contributed by atoms with Crippen molar-refractivity contribution in [1.29, 1.82) is 0 Å². The van der Waals surface area contributed by atoms with Gasteiger partial charge >= 0.3 is 0 Å². The summed E-state index contributed by atoms with van der Waals surface area (Å²) in [6.45, 7) is 7.46. The Bertz CT molecular complexity index is 970. The molecule has 0 atom stereocenters. The molecule has 0 fully saturated rings. The highest BCUT2D eigenvalue weighted by Gasteiger charge is 2.11. The van der Waals surface area contributed by atoms with Gasteiger partial charge in [0, 0.05) is 17.9 Å². The van der Waals surface area contributed by atoms with E-state index in [1.165, 1.54) is 5.56 Å². The van der Waals surface area contributed by atoms with E-state index in [1.54, 1.807) is 30.0 Å². The average Bonchev–Trinajstić information content (AvgIpc) is 3.22. The number of imidazole rings is 1. The van der Waals surface area contributed by atoms with Crippen LogP contribution in [-0.2, 0) is 0 Å². The van der Waals surface area contributed by atoms with Gasteiger partial charge in [-0.1, -0.05) is 41.6 Å². The highest BCUT2D eigenvalue weighted by molar-refractivity contribution is 7.99. The maximum atomic E-state index is 12.5. The summed E-state index contributed by atoms with van der Waals surface area (Å²) in [6, 6.07) is 13.5. The summed E-state index contributed by atoms with van der Waals surface area (Å²) < 4.78 is 11.1. The zero-order chi connectivity index (χ0) is 21.3. The van der Waals surface area contributed by atoms with Gasteiger partial charge < -0.3 is 19.8 Å². The zero-order valence-corrected chi connectivity index (χ0v) is 18.3. The fraction of sp³-hybridized carbons (Fsp3) is 0.304. The van der Waals surface area contributed by atoms with Gasteiger partial charge in [-0.25, -0.2) is 4.98 Å². The van der Waals surface area contributed by atoms with Crippen LogP contribution < -0.4 is 14.8 Å². The van der Waals surface area contributed by atoms with E-state index in [0.29, 0.717) is 42.6 Å². The van der Waals surface area contributed by atoms with Crippen molar-refractivity contribution in [2.45, 2.75) is 25.9 Å². The highest BCUT2D eigenvalue weighted by Crippen LogP contribution is 2.28. The number of carbonyl (C=O) groups is 1. The number of nitrogens with one attached hydrogen (secondary N) is 2. The number of aryl methyl sites for hydroxylation is 1. The van der Waals surface area contributed by atoms with Crippen molar-refractivity contribution in [1.82, 2.24) is 15.3 Å². The van der Waals surface area contributed by atoms with E-state index >= 15 is 0 Å². The molecule has 6 nitrogen and oxygen atoms in total. The SMILES string of the molecule is CCOc1ccc(C(=O)NCCSc2ncc(-c3ccc(C)cc3)[nH]2)cc1OCC. The number of amides is 1. The monoisotopic (exact) mass is 425 g/mol. The van der Waals surface area contributed by atoms with Crippen molar-refractivity contribution in [3.8, 4) is 22.8 Å². The molecule has 1 heterocycles. The third-order valence-corrected chi connectivity index (χ3v) is 5.24. The van der Waals surface area contributed by atoms with Crippen LogP contribution in [0.4, 0.5) is 0 Å². The summed E-state index contributed by atoms with van der Waals surface area (Å²) in [7, 11) is 0. The first-order valence-corrected chi connectivity index (χ1v) is 11.0. The molecule has 0 radical (unpaired) electrons. The van der Waals surface area contributed by atoms with Crippen molar-refractivity contribution < 1.29 is 14.3 Å². The number of aromatic amines is 1. The summed E-state index contributed by atoms with van der Waals surface area (Å²) in [6.07, 6.45) is 1.83. The van der Waals surface area contributed by atoms with Crippen LogP contribution >= 0.6 is 11.8 Å². The van der Waals surface area contributed by atoms with Gasteiger partial charge in [-0.3, -0.25) is 4.79 Å². The van der Waals surface area contributed by atoms with Crippen molar-refractivity contribution in [2.24, 2.45) is 0 Å². The molecule has 0 saturated heterocycles. The lowest BCUT2D eigenvalue weighted by Crippen LogP contribution is -2.25. The smallest absolute Gasteiger partial charge is 0.251 e. The maximum absolute atomic E-state index is 12.5. The number of nitrogens with zero attached hydrogens (tertiary/aromatic N) is 1. The minimum Gasteiger partial charge on any atom is -0.490 e. The van der Waals surface area contributed by atoms with Crippen LogP contribution in [0.3, 0.4) is 0 Å². The van der Waals surface area contributed by atoms with Crippen LogP contribution in [-0.4, -0.2) is 41.4 Å². The lowest BCUT2D eigenvalue weighted by molar-refractivity contribution is 0.0955. The molecule has 0 bridgehead atoms. The summed E-state index contributed by atoms with van der Waals surface area (Å²) in [5.41, 5.74) is 3.87. The molecule has 0 spiro atoms. The summed E-state index contributed by atoms with van der Waals surface area (Å²) >= 11 is 1.57.